The van der Waals surface area contributed by atoms with Gasteiger partial charge < -0.3 is 5.32 Å². The minimum Gasteiger partial charge on any atom is -0.355 e. The number of carbonyl (C=O) groups excluding carboxylic acids is 1. The van der Waals surface area contributed by atoms with Gasteiger partial charge in [-0.1, -0.05) is 0 Å². The molecule has 1 amide bonds. The summed E-state index contributed by atoms with van der Waals surface area (Å²) in [7, 11) is 0. The number of piperazine rings is 1. The van der Waals surface area contributed by atoms with Crippen LogP contribution in [-0.2, 0) is 11.3 Å². The Morgan fingerprint density at radius 3 is 2.65 bits per heavy atom. The van der Waals surface area contributed by atoms with Gasteiger partial charge in [0.25, 0.3) is 0 Å². The summed E-state index contributed by atoms with van der Waals surface area (Å²) in [6.45, 7) is 9.66. The Balaban J connectivity index is 1.78. The number of carbonyl (C=O) groups is 1. The molecule has 2 rings (SSSR count). The first-order valence-electron chi connectivity index (χ1n) is 7.08. The number of nitrogens with one attached hydrogen (secondary N) is 1. The fourth-order valence-electron chi connectivity index (χ4n) is 2.45. The lowest BCUT2D eigenvalue weighted by Gasteiger charge is -2.37. The van der Waals surface area contributed by atoms with Crippen LogP contribution in [0.2, 0.25) is 0 Å². The highest BCUT2D eigenvalue weighted by atomic mass is 79.9. The van der Waals surface area contributed by atoms with Crippen LogP contribution in [0.1, 0.15) is 18.7 Å². The zero-order chi connectivity index (χ0) is 14.5. The second kappa shape index (κ2) is 7.54. The fraction of sp³-hybridized carbons (Fsp3) is 0.643. The van der Waals surface area contributed by atoms with Gasteiger partial charge in [-0.05, 0) is 41.9 Å². The second-order valence-corrected chi connectivity index (χ2v) is 7.64. The van der Waals surface area contributed by atoms with Crippen molar-refractivity contribution in [2.75, 3.05) is 32.7 Å². The van der Waals surface area contributed by atoms with Crippen molar-refractivity contribution in [2.24, 2.45) is 0 Å². The Bertz CT molecular complexity index is 443. The summed E-state index contributed by atoms with van der Waals surface area (Å²) in [6.07, 6.45) is 0. The zero-order valence-corrected chi connectivity index (χ0v) is 14.5. The van der Waals surface area contributed by atoms with Crippen molar-refractivity contribution >= 4 is 33.2 Å². The van der Waals surface area contributed by atoms with Gasteiger partial charge in [0.15, 0.2) is 0 Å². The predicted molar refractivity (Wildman–Crippen MR) is 87.0 cm³/mol. The quantitative estimate of drug-likeness (QED) is 0.874. The topological polar surface area (TPSA) is 35.6 Å². The molecule has 2 heterocycles. The monoisotopic (exact) mass is 359 g/mol. The summed E-state index contributed by atoms with van der Waals surface area (Å²) in [5.74, 6) is 0.142. The summed E-state index contributed by atoms with van der Waals surface area (Å²) >= 11 is 5.30. The van der Waals surface area contributed by atoms with Crippen molar-refractivity contribution in [3.8, 4) is 0 Å². The van der Waals surface area contributed by atoms with E-state index in [0.29, 0.717) is 6.54 Å². The van der Waals surface area contributed by atoms with Crippen LogP contribution >= 0.6 is 27.3 Å². The Morgan fingerprint density at radius 1 is 1.40 bits per heavy atom. The van der Waals surface area contributed by atoms with E-state index in [9.17, 15) is 4.79 Å². The predicted octanol–water partition coefficient (Wildman–Crippen LogP) is 2.15. The summed E-state index contributed by atoms with van der Waals surface area (Å²) in [5, 5.41) is 2.90. The van der Waals surface area contributed by atoms with E-state index < -0.39 is 0 Å². The fourth-order valence-corrected chi connectivity index (χ4v) is 3.98. The van der Waals surface area contributed by atoms with Gasteiger partial charge in [0.2, 0.25) is 5.91 Å². The van der Waals surface area contributed by atoms with E-state index in [1.54, 1.807) is 11.3 Å². The number of thiophene rings is 1. The van der Waals surface area contributed by atoms with Crippen LogP contribution < -0.4 is 5.32 Å². The maximum absolute atomic E-state index is 11.8. The van der Waals surface area contributed by atoms with E-state index in [2.05, 4.69) is 43.2 Å². The number of amides is 1. The molecular weight excluding hydrogens is 338 g/mol. The molecule has 20 heavy (non-hydrogen) atoms. The molecule has 1 fully saturated rings. The molecular formula is C14H22BrN3OS. The van der Waals surface area contributed by atoms with E-state index in [1.807, 2.05) is 13.8 Å². The first kappa shape index (κ1) is 15.9. The normalized spacial score (nSPS) is 18.9. The molecule has 112 valence electrons. The van der Waals surface area contributed by atoms with Crippen LogP contribution in [-0.4, -0.2) is 54.5 Å². The van der Waals surface area contributed by atoms with Crippen molar-refractivity contribution in [1.29, 1.82) is 0 Å². The van der Waals surface area contributed by atoms with E-state index in [1.165, 1.54) is 8.66 Å². The van der Waals surface area contributed by atoms with Crippen molar-refractivity contribution in [3.63, 3.8) is 0 Å². The molecule has 1 aromatic rings. The molecule has 1 aromatic heterocycles. The molecule has 1 N–H and O–H groups in total. The van der Waals surface area contributed by atoms with Crippen molar-refractivity contribution in [1.82, 2.24) is 15.1 Å². The lowest BCUT2D eigenvalue weighted by molar-refractivity contribution is -0.126. The first-order valence-corrected chi connectivity index (χ1v) is 8.69. The van der Waals surface area contributed by atoms with Crippen LogP contribution in [0.5, 0.6) is 0 Å². The number of rotatable bonds is 5. The molecule has 0 saturated carbocycles. The average Bonchev–Trinajstić information content (AvgIpc) is 2.84. The Kier molecular flexibility index (Phi) is 6.01. The van der Waals surface area contributed by atoms with E-state index in [4.69, 9.17) is 0 Å². The van der Waals surface area contributed by atoms with E-state index in [0.717, 1.165) is 32.7 Å². The minimum atomic E-state index is -0.0204. The third-order valence-electron chi connectivity index (χ3n) is 3.69. The largest absolute Gasteiger partial charge is 0.355 e. The highest BCUT2D eigenvalue weighted by Gasteiger charge is 2.25. The van der Waals surface area contributed by atoms with Crippen LogP contribution in [0.4, 0.5) is 0 Å². The minimum absolute atomic E-state index is 0.0204. The molecule has 0 radical (unpaired) electrons. The molecule has 4 nitrogen and oxygen atoms in total. The summed E-state index contributed by atoms with van der Waals surface area (Å²) < 4.78 is 1.19. The molecule has 0 bridgehead atoms. The third kappa shape index (κ3) is 4.28. The van der Waals surface area contributed by atoms with Gasteiger partial charge in [0.05, 0.1) is 9.83 Å². The molecule has 0 aromatic carbocycles. The molecule has 1 aliphatic rings. The number of hydrogen-bond donors (Lipinski definition) is 1. The van der Waals surface area contributed by atoms with Crippen LogP contribution in [0.15, 0.2) is 15.9 Å². The highest BCUT2D eigenvalue weighted by molar-refractivity contribution is 9.11. The van der Waals surface area contributed by atoms with Gasteiger partial charge in [0.1, 0.15) is 0 Å². The number of hydrogen-bond acceptors (Lipinski definition) is 4. The lowest BCUT2D eigenvalue weighted by atomic mass is 10.2. The first-order chi connectivity index (χ1) is 9.60. The highest BCUT2D eigenvalue weighted by Crippen LogP contribution is 2.23. The van der Waals surface area contributed by atoms with E-state index >= 15 is 0 Å². The van der Waals surface area contributed by atoms with Gasteiger partial charge in [-0.15, -0.1) is 11.3 Å². The smallest absolute Gasteiger partial charge is 0.237 e. The number of halogens is 1. The maximum atomic E-state index is 11.8. The summed E-state index contributed by atoms with van der Waals surface area (Å²) in [4.78, 5) is 18.0. The average molecular weight is 360 g/mol. The molecule has 0 unspecified atom stereocenters. The third-order valence-corrected chi connectivity index (χ3v) is 5.30. The van der Waals surface area contributed by atoms with Crippen LogP contribution in [0.3, 0.4) is 0 Å². The number of likely N-dealkylation sites (N-methyl/N-ethyl adjacent to an activating group) is 1. The van der Waals surface area contributed by atoms with Gasteiger partial charge in [-0.2, -0.15) is 0 Å². The van der Waals surface area contributed by atoms with Gasteiger partial charge in [-0.25, -0.2) is 0 Å². The van der Waals surface area contributed by atoms with Gasteiger partial charge >= 0.3 is 0 Å². The molecule has 6 heteroatoms. The Labute approximate surface area is 133 Å². The second-order valence-electron chi connectivity index (χ2n) is 5.09. The Morgan fingerprint density at radius 2 is 2.10 bits per heavy atom. The lowest BCUT2D eigenvalue weighted by Crippen LogP contribution is -2.53. The summed E-state index contributed by atoms with van der Waals surface area (Å²) in [5.41, 5.74) is 0. The van der Waals surface area contributed by atoms with Crippen molar-refractivity contribution in [3.05, 3.63) is 20.8 Å². The van der Waals surface area contributed by atoms with Crippen molar-refractivity contribution in [2.45, 2.75) is 26.4 Å². The molecule has 1 atom stereocenters. The SMILES string of the molecule is CCNC(=O)[C@H](C)N1CCN(Cc2ccc(Br)s2)CC1. The molecule has 0 aliphatic carbocycles. The van der Waals surface area contributed by atoms with Crippen molar-refractivity contribution < 1.29 is 4.79 Å². The molecule has 1 aliphatic heterocycles. The summed E-state index contributed by atoms with van der Waals surface area (Å²) in [6, 6.07) is 4.26. The Hall–Kier alpha value is -0.430. The maximum Gasteiger partial charge on any atom is 0.237 e. The zero-order valence-electron chi connectivity index (χ0n) is 12.1. The van der Waals surface area contributed by atoms with E-state index in [-0.39, 0.29) is 11.9 Å². The van der Waals surface area contributed by atoms with Crippen LogP contribution in [0, 0.1) is 0 Å². The van der Waals surface area contributed by atoms with Gasteiger partial charge in [-0.3, -0.25) is 14.6 Å². The molecule has 1 saturated heterocycles. The number of nitrogens with zero attached hydrogens (tertiary/aromatic N) is 2. The van der Waals surface area contributed by atoms with Crippen LogP contribution in [0.25, 0.3) is 0 Å². The standard InChI is InChI=1S/C14H22BrN3OS/c1-3-16-14(19)11(2)18-8-6-17(7-9-18)10-12-4-5-13(15)20-12/h4-5,11H,3,6-10H2,1-2H3,(H,16,19)/t11-/m0/s1. The van der Waals surface area contributed by atoms with Gasteiger partial charge in [0, 0.05) is 44.1 Å². The molecule has 0 spiro atoms.